The second-order valence-corrected chi connectivity index (χ2v) is 28.8. The summed E-state index contributed by atoms with van der Waals surface area (Å²) >= 11 is 0. The van der Waals surface area contributed by atoms with Gasteiger partial charge in [-0.1, -0.05) is 94.1 Å². The number of aryl methyl sites for hydroxylation is 3. The molecule has 13 rings (SSSR count). The Morgan fingerprint density at radius 3 is 1.19 bits per heavy atom. The monoisotopic (exact) mass is 1410 g/mol. The number of nitrogens with one attached hydrogen (secondary N) is 3. The van der Waals surface area contributed by atoms with Gasteiger partial charge in [0, 0.05) is 146 Å². The molecule has 0 atom stereocenters. The number of likely N-dealkylation sites (tertiary alicyclic amines) is 3. The molecule has 0 unspecified atom stereocenters. The quantitative estimate of drug-likeness (QED) is 0.0726. The van der Waals surface area contributed by atoms with Crippen molar-refractivity contribution >= 4 is 58.3 Å². The molecule has 4 aromatic carbocycles. The fourth-order valence-electron chi connectivity index (χ4n) is 13.6. The van der Waals surface area contributed by atoms with Gasteiger partial charge in [0.1, 0.15) is 11.5 Å². The minimum Gasteiger partial charge on any atom is -0.356 e. The van der Waals surface area contributed by atoms with E-state index in [0.717, 1.165) is 128 Å². The number of pyridine rings is 5. The molecule has 0 radical (unpaired) electrons. The average Bonchev–Trinajstić information content (AvgIpc) is 0.828. The molecule has 18 nitrogen and oxygen atoms in total. The molecule has 9 heterocycles. The van der Waals surface area contributed by atoms with Crippen molar-refractivity contribution < 1.29 is 28.8 Å². The summed E-state index contributed by atoms with van der Waals surface area (Å²) in [5.41, 5.74) is 14.7. The molecule has 0 spiro atoms. The number of hydrogen-bond acceptors (Lipinski definition) is 12. The molecule has 18 heteroatoms. The van der Waals surface area contributed by atoms with Gasteiger partial charge in [0.15, 0.2) is 0 Å². The van der Waals surface area contributed by atoms with Crippen molar-refractivity contribution in [2.45, 2.75) is 124 Å². The third kappa shape index (κ3) is 19.8. The number of carbonyl (C=O) groups excluding carboxylic acids is 6. The fraction of sp³-hybridized carbons (Fsp3) is 0.330. The summed E-state index contributed by atoms with van der Waals surface area (Å²) in [5, 5.41) is 8.87. The highest BCUT2D eigenvalue weighted by molar-refractivity contribution is 6.07. The van der Waals surface area contributed by atoms with Gasteiger partial charge in [-0.25, -0.2) is 9.97 Å². The molecule has 4 aliphatic heterocycles. The van der Waals surface area contributed by atoms with Gasteiger partial charge < -0.3 is 35.6 Å². The number of nitrogens with zero attached hydrogens (tertiary/aromatic N) is 9. The zero-order valence-electron chi connectivity index (χ0n) is 61.8. The molecule has 542 valence electrons. The van der Waals surface area contributed by atoms with Crippen molar-refractivity contribution in [1.29, 1.82) is 0 Å². The van der Waals surface area contributed by atoms with E-state index in [9.17, 15) is 28.8 Å². The Labute approximate surface area is 623 Å². The predicted molar refractivity (Wildman–Crippen MR) is 418 cm³/mol. The van der Waals surface area contributed by atoms with E-state index >= 15 is 0 Å². The topological polar surface area (TPSA) is 216 Å². The highest BCUT2D eigenvalue weighted by Crippen LogP contribution is 2.33. The zero-order valence-corrected chi connectivity index (χ0v) is 61.8. The highest BCUT2D eigenvalue weighted by atomic mass is 16.2. The van der Waals surface area contributed by atoms with Gasteiger partial charge >= 0.3 is 0 Å². The van der Waals surface area contributed by atoms with Crippen LogP contribution in [0.4, 0.5) is 22.9 Å². The van der Waals surface area contributed by atoms with Gasteiger partial charge in [-0.15, -0.1) is 12.8 Å². The molecule has 5 aromatic heterocycles. The van der Waals surface area contributed by atoms with Crippen molar-refractivity contribution in [2.24, 2.45) is 11.8 Å². The molecular weight excluding hydrogens is 1320 g/mol. The average molecular weight is 1420 g/mol. The summed E-state index contributed by atoms with van der Waals surface area (Å²) in [6.07, 6.45) is 27.5. The summed E-state index contributed by atoms with van der Waals surface area (Å²) in [6, 6.07) is 45.9. The smallest absolute Gasteiger partial charge is 0.257 e. The number of aromatic nitrogens is 5. The normalized spacial score (nSPS) is 14.6. The number of rotatable bonds is 17. The number of anilines is 4. The van der Waals surface area contributed by atoms with E-state index < -0.39 is 0 Å². The third-order valence-corrected chi connectivity index (χ3v) is 20.2. The van der Waals surface area contributed by atoms with Gasteiger partial charge in [-0.05, 0) is 221 Å². The Bertz CT molecular complexity index is 4430. The molecule has 4 saturated heterocycles. The van der Waals surface area contributed by atoms with Crippen LogP contribution in [-0.4, -0.2) is 127 Å². The predicted octanol–water partition coefficient (Wildman–Crippen LogP) is 15.3. The van der Waals surface area contributed by atoms with Crippen molar-refractivity contribution in [3.8, 4) is 24.7 Å². The number of piperidine rings is 3. The third-order valence-electron chi connectivity index (χ3n) is 20.2. The van der Waals surface area contributed by atoms with E-state index in [1.54, 1.807) is 61.2 Å². The first-order valence-corrected chi connectivity index (χ1v) is 36.9. The van der Waals surface area contributed by atoms with Crippen LogP contribution in [0.2, 0.25) is 0 Å². The molecule has 4 fully saturated rings. The lowest BCUT2D eigenvalue weighted by atomic mass is 9.89. The Balaban J connectivity index is 0.000000159. The number of carbonyl (C=O) groups is 6. The summed E-state index contributed by atoms with van der Waals surface area (Å²) < 4.78 is 0. The first kappa shape index (κ1) is 75.5. The van der Waals surface area contributed by atoms with E-state index in [4.69, 9.17) is 12.8 Å². The van der Waals surface area contributed by atoms with Gasteiger partial charge in [0.25, 0.3) is 35.4 Å². The molecule has 9 aromatic rings. The molecule has 0 bridgehead atoms. The number of amides is 6. The van der Waals surface area contributed by atoms with E-state index in [1.807, 2.05) is 127 Å². The van der Waals surface area contributed by atoms with Crippen LogP contribution in [0, 0.1) is 57.3 Å². The fourth-order valence-corrected chi connectivity index (χ4v) is 13.6. The highest BCUT2D eigenvalue weighted by Gasteiger charge is 2.30. The number of terminal acetylenes is 2. The van der Waals surface area contributed by atoms with Gasteiger partial charge in [-0.2, -0.15) is 0 Å². The van der Waals surface area contributed by atoms with Crippen LogP contribution < -0.4 is 20.9 Å². The van der Waals surface area contributed by atoms with Crippen molar-refractivity contribution in [1.82, 2.24) is 39.6 Å². The van der Waals surface area contributed by atoms with Crippen LogP contribution in [0.5, 0.6) is 0 Å². The van der Waals surface area contributed by atoms with Crippen LogP contribution in [0.1, 0.15) is 209 Å². The lowest BCUT2D eigenvalue weighted by molar-refractivity contribution is 0.0705. The molecule has 106 heavy (non-hydrogen) atoms. The number of benzene rings is 4. The standard InChI is InChI=1S/2C30H32N4O2.C28H30N4O2/c1-5-22-7-11-27(32-18-22)23-12-14-34(15-13-23)30(36)24-8-6-21(4)28(17-24)33-29(35)25-9-10-26(31-19-25)16-20(2)3;1-5-26-10-8-24(18-31-26)22-12-14-34(15-13-22)30(36)23-7-6-21(4)28(17-23)33-29(35)25-9-11-27(32-19-25)16-20(2)3;1-20-8-9-23(28(34)32-16-12-22(13-17-32)21-6-3-2-4-7-21)18-25(20)30-27(33)24-10-11-26(29-19-24)31-14-5-15-31/h1,6-11,17-20,23H,12-16H2,2-4H3,(H,33,35);1,6-11,17-20,22H,12-16H2,2-4H3,(H,33,35);2-4,6-11,18-19,22H,5,12-17H2,1H3,(H,30,33). The lowest BCUT2D eigenvalue weighted by Gasteiger charge is -2.32. The van der Waals surface area contributed by atoms with Crippen molar-refractivity contribution in [2.75, 3.05) is 73.2 Å². The van der Waals surface area contributed by atoms with Gasteiger partial charge in [0.2, 0.25) is 0 Å². The van der Waals surface area contributed by atoms with Crippen LogP contribution in [0.3, 0.4) is 0 Å². The maximum absolute atomic E-state index is 13.2. The maximum atomic E-state index is 13.2. The minimum absolute atomic E-state index is 0.0163. The second kappa shape index (κ2) is 35.7. The van der Waals surface area contributed by atoms with Gasteiger partial charge in [-0.3, -0.25) is 43.7 Å². The van der Waals surface area contributed by atoms with Crippen LogP contribution in [0.25, 0.3) is 0 Å². The minimum atomic E-state index is -0.240. The van der Waals surface area contributed by atoms with E-state index in [-0.39, 0.29) is 35.4 Å². The second-order valence-electron chi connectivity index (χ2n) is 28.8. The summed E-state index contributed by atoms with van der Waals surface area (Å²) in [6.45, 7) is 20.5. The van der Waals surface area contributed by atoms with Crippen LogP contribution in [0.15, 0.2) is 177 Å². The SMILES string of the molecule is C#Cc1ccc(C2CCN(C(=O)c3ccc(C)c(NC(=O)c4ccc(CC(C)C)nc4)c3)CC2)cn1.C#Cc1ccc(C2CCN(C(=O)c3ccc(C)c(NC(=O)c4ccc(CC(C)C)nc4)c3)CC2)nc1.Cc1ccc(C(=O)N2CCC(c3ccccc3)CC2)cc1NC(=O)c1ccc(N2CCC2)nc1. The van der Waals surface area contributed by atoms with Crippen LogP contribution in [-0.2, 0) is 12.8 Å². The molecule has 6 amide bonds. The first-order chi connectivity index (χ1) is 51.2. The molecule has 3 N–H and O–H groups in total. The van der Waals surface area contributed by atoms with Crippen molar-refractivity contribution in [3.05, 3.63) is 266 Å². The Kier molecular flexibility index (Phi) is 25.4. The van der Waals surface area contributed by atoms with Crippen molar-refractivity contribution in [3.63, 3.8) is 0 Å². The summed E-state index contributed by atoms with van der Waals surface area (Å²) in [5.74, 6) is 7.48. The molecule has 4 aliphatic rings. The van der Waals surface area contributed by atoms with Crippen LogP contribution >= 0.6 is 0 Å². The summed E-state index contributed by atoms with van der Waals surface area (Å²) in [7, 11) is 0. The summed E-state index contributed by atoms with van der Waals surface area (Å²) in [4.78, 5) is 108. The molecule has 0 aliphatic carbocycles. The Hall–Kier alpha value is -11.6. The number of hydrogen-bond donors (Lipinski definition) is 3. The first-order valence-electron chi connectivity index (χ1n) is 36.9. The van der Waals surface area contributed by atoms with E-state index in [0.29, 0.717) is 112 Å². The molecular formula is C88H94N12O6. The molecule has 0 saturated carbocycles. The largest absolute Gasteiger partial charge is 0.356 e. The van der Waals surface area contributed by atoms with Gasteiger partial charge in [0.05, 0.1) is 16.7 Å². The van der Waals surface area contributed by atoms with E-state index in [1.165, 1.54) is 12.0 Å². The van der Waals surface area contributed by atoms with E-state index in [2.05, 4.69) is 110 Å². The zero-order chi connectivity index (χ0) is 74.8. The Morgan fingerprint density at radius 1 is 0.415 bits per heavy atom. The lowest BCUT2D eigenvalue weighted by Crippen LogP contribution is -2.38. The maximum Gasteiger partial charge on any atom is 0.257 e. The Morgan fingerprint density at radius 2 is 0.840 bits per heavy atom.